The quantitative estimate of drug-likeness (QED) is 0.378. The molecule has 7 heteroatoms. The summed E-state index contributed by atoms with van der Waals surface area (Å²) < 4.78 is 32.7. The highest BCUT2D eigenvalue weighted by molar-refractivity contribution is 14.0. The smallest absolute Gasteiger partial charge is 0.191 e. The van der Waals surface area contributed by atoms with Crippen LogP contribution < -0.4 is 15.4 Å². The molecule has 0 bridgehead atoms. The molecule has 1 aliphatic rings. The molecule has 3 rings (SSSR count). The number of ether oxygens (including phenoxy) is 1. The van der Waals surface area contributed by atoms with Crippen molar-refractivity contribution >= 4 is 29.9 Å². The summed E-state index contributed by atoms with van der Waals surface area (Å²) in [5.74, 6) is 0.701. The predicted molar refractivity (Wildman–Crippen MR) is 114 cm³/mol. The number of halogens is 3. The number of para-hydroxylation sites is 1. The van der Waals surface area contributed by atoms with Crippen molar-refractivity contribution in [2.24, 2.45) is 4.99 Å². The Balaban J connectivity index is 0.00000261. The maximum atomic E-state index is 13.7. The Labute approximate surface area is 175 Å². The number of nitrogens with one attached hydrogen (secondary N) is 2. The Kier molecular flexibility index (Phi) is 8.27. The third kappa shape index (κ3) is 5.79. The van der Waals surface area contributed by atoms with Crippen LogP contribution in [0.1, 0.15) is 30.5 Å². The average molecular weight is 487 g/mol. The van der Waals surface area contributed by atoms with Crippen molar-refractivity contribution in [1.82, 2.24) is 10.6 Å². The number of fused-ring (bicyclic) bond motifs is 1. The monoisotopic (exact) mass is 487 g/mol. The maximum Gasteiger partial charge on any atom is 0.191 e. The number of aliphatic imine (C=N–C) groups is 1. The van der Waals surface area contributed by atoms with E-state index in [9.17, 15) is 8.78 Å². The zero-order valence-electron chi connectivity index (χ0n) is 15.2. The van der Waals surface area contributed by atoms with Crippen molar-refractivity contribution in [2.45, 2.75) is 25.8 Å². The average Bonchev–Trinajstić information content (AvgIpc) is 2.65. The van der Waals surface area contributed by atoms with Gasteiger partial charge in [-0.1, -0.05) is 18.2 Å². The molecule has 27 heavy (non-hydrogen) atoms. The van der Waals surface area contributed by atoms with Crippen LogP contribution in [0.15, 0.2) is 47.5 Å². The lowest BCUT2D eigenvalue weighted by Crippen LogP contribution is -2.41. The van der Waals surface area contributed by atoms with Crippen LogP contribution in [-0.2, 0) is 6.42 Å². The number of guanidine groups is 1. The van der Waals surface area contributed by atoms with Gasteiger partial charge in [0.25, 0.3) is 0 Å². The van der Waals surface area contributed by atoms with Gasteiger partial charge in [0.1, 0.15) is 17.4 Å². The van der Waals surface area contributed by atoms with Gasteiger partial charge in [-0.2, -0.15) is 0 Å². The van der Waals surface area contributed by atoms with Crippen LogP contribution in [0.4, 0.5) is 8.78 Å². The molecule has 0 aliphatic carbocycles. The van der Waals surface area contributed by atoms with Crippen molar-refractivity contribution in [3.8, 4) is 5.75 Å². The van der Waals surface area contributed by atoms with Crippen LogP contribution in [0.2, 0.25) is 0 Å². The number of hydrogen-bond acceptors (Lipinski definition) is 2. The first kappa shape index (κ1) is 21.4. The van der Waals surface area contributed by atoms with Gasteiger partial charge in [0.05, 0.1) is 12.6 Å². The molecule has 0 saturated carbocycles. The van der Waals surface area contributed by atoms with Gasteiger partial charge in [-0.3, -0.25) is 4.99 Å². The second kappa shape index (κ2) is 10.4. The van der Waals surface area contributed by atoms with E-state index in [0.717, 1.165) is 29.9 Å². The first-order valence-corrected chi connectivity index (χ1v) is 8.88. The van der Waals surface area contributed by atoms with E-state index in [2.05, 4.69) is 15.6 Å². The van der Waals surface area contributed by atoms with Crippen LogP contribution in [0.3, 0.4) is 0 Å². The van der Waals surface area contributed by atoms with Crippen LogP contribution in [0, 0.1) is 11.6 Å². The summed E-state index contributed by atoms with van der Waals surface area (Å²) in [6, 6.07) is 11.5. The molecular formula is C20H24F2IN3O. The van der Waals surface area contributed by atoms with Gasteiger partial charge in [-0.15, -0.1) is 24.0 Å². The Morgan fingerprint density at radius 3 is 2.85 bits per heavy atom. The molecule has 146 valence electrons. The van der Waals surface area contributed by atoms with Crippen molar-refractivity contribution in [3.63, 3.8) is 0 Å². The van der Waals surface area contributed by atoms with Crippen LogP contribution in [-0.4, -0.2) is 25.7 Å². The van der Waals surface area contributed by atoms with E-state index in [1.54, 1.807) is 0 Å². The van der Waals surface area contributed by atoms with Crippen LogP contribution in [0.5, 0.6) is 5.75 Å². The Bertz CT molecular complexity index is 786. The summed E-state index contributed by atoms with van der Waals surface area (Å²) in [5.41, 5.74) is 1.43. The van der Waals surface area contributed by atoms with E-state index < -0.39 is 11.6 Å². The van der Waals surface area contributed by atoms with E-state index in [0.29, 0.717) is 37.6 Å². The second-order valence-electron chi connectivity index (χ2n) is 6.12. The molecule has 0 saturated heterocycles. The standard InChI is InChI=1S/C20H23F2N3O.HI/c1-2-23-20(24-11-9-14-13-15(21)7-8-17(14)22)25-18-10-12-26-19-6-4-3-5-16(18)19;/h3-8,13,18H,2,9-12H2,1H3,(H2,23,24,25);1H. The van der Waals surface area contributed by atoms with Crippen molar-refractivity contribution in [1.29, 1.82) is 0 Å². The van der Waals surface area contributed by atoms with E-state index in [-0.39, 0.29) is 30.0 Å². The summed E-state index contributed by atoms with van der Waals surface area (Å²) in [4.78, 5) is 4.51. The van der Waals surface area contributed by atoms with Crippen molar-refractivity contribution in [3.05, 3.63) is 65.2 Å². The van der Waals surface area contributed by atoms with E-state index in [1.165, 1.54) is 6.07 Å². The van der Waals surface area contributed by atoms with E-state index in [1.807, 2.05) is 31.2 Å². The lowest BCUT2D eigenvalue weighted by atomic mass is 10.0. The SMILES string of the molecule is CCNC(=NCCc1cc(F)ccc1F)NC1CCOc2ccccc21.I. The largest absolute Gasteiger partial charge is 0.493 e. The Morgan fingerprint density at radius 2 is 2.04 bits per heavy atom. The lowest BCUT2D eigenvalue weighted by molar-refractivity contribution is 0.261. The van der Waals surface area contributed by atoms with Gasteiger partial charge in [0.2, 0.25) is 0 Å². The molecule has 4 nitrogen and oxygen atoms in total. The zero-order chi connectivity index (χ0) is 18.4. The molecule has 1 heterocycles. The van der Waals surface area contributed by atoms with Crippen LogP contribution >= 0.6 is 24.0 Å². The molecule has 2 aromatic rings. The molecule has 1 atom stereocenters. The minimum absolute atomic E-state index is 0. The Morgan fingerprint density at radius 1 is 1.22 bits per heavy atom. The summed E-state index contributed by atoms with van der Waals surface area (Å²) >= 11 is 0. The third-order valence-corrected chi connectivity index (χ3v) is 4.27. The second-order valence-corrected chi connectivity index (χ2v) is 6.12. The molecule has 0 fully saturated rings. The fraction of sp³-hybridized carbons (Fsp3) is 0.350. The molecule has 2 N–H and O–H groups in total. The summed E-state index contributed by atoms with van der Waals surface area (Å²) in [7, 11) is 0. The molecule has 0 aromatic heterocycles. The zero-order valence-corrected chi connectivity index (χ0v) is 17.5. The van der Waals surface area contributed by atoms with Gasteiger partial charge in [0, 0.05) is 25.1 Å². The molecular weight excluding hydrogens is 463 g/mol. The molecule has 0 radical (unpaired) electrons. The fourth-order valence-electron chi connectivity index (χ4n) is 3.00. The van der Waals surface area contributed by atoms with Gasteiger partial charge < -0.3 is 15.4 Å². The van der Waals surface area contributed by atoms with E-state index >= 15 is 0 Å². The fourth-order valence-corrected chi connectivity index (χ4v) is 3.00. The van der Waals surface area contributed by atoms with Crippen LogP contribution in [0.25, 0.3) is 0 Å². The molecule has 2 aromatic carbocycles. The molecule has 0 amide bonds. The van der Waals surface area contributed by atoms with Gasteiger partial charge in [-0.05, 0) is 43.2 Å². The topological polar surface area (TPSA) is 45.7 Å². The molecule has 1 aliphatic heterocycles. The number of rotatable bonds is 5. The summed E-state index contributed by atoms with van der Waals surface area (Å²) in [6.45, 7) is 3.70. The molecule has 1 unspecified atom stereocenters. The number of benzene rings is 2. The van der Waals surface area contributed by atoms with Gasteiger partial charge in [-0.25, -0.2) is 8.78 Å². The first-order valence-electron chi connectivity index (χ1n) is 8.88. The minimum Gasteiger partial charge on any atom is -0.493 e. The maximum absolute atomic E-state index is 13.7. The van der Waals surface area contributed by atoms with E-state index in [4.69, 9.17) is 4.74 Å². The first-order chi connectivity index (χ1) is 12.7. The number of nitrogens with zero attached hydrogens (tertiary/aromatic N) is 1. The normalized spacial score (nSPS) is 16.0. The number of hydrogen-bond donors (Lipinski definition) is 2. The van der Waals surface area contributed by atoms with Gasteiger partial charge in [0.15, 0.2) is 5.96 Å². The predicted octanol–water partition coefficient (Wildman–Crippen LogP) is 4.20. The van der Waals surface area contributed by atoms with Crippen molar-refractivity contribution in [2.75, 3.05) is 19.7 Å². The molecule has 0 spiro atoms. The highest BCUT2D eigenvalue weighted by atomic mass is 127. The Hall–Kier alpha value is -1.90. The third-order valence-electron chi connectivity index (χ3n) is 4.27. The lowest BCUT2D eigenvalue weighted by Gasteiger charge is -2.28. The highest BCUT2D eigenvalue weighted by Crippen LogP contribution is 2.31. The van der Waals surface area contributed by atoms with Gasteiger partial charge >= 0.3 is 0 Å². The summed E-state index contributed by atoms with van der Waals surface area (Å²) in [5, 5.41) is 6.62. The van der Waals surface area contributed by atoms with Crippen molar-refractivity contribution < 1.29 is 13.5 Å². The highest BCUT2D eigenvalue weighted by Gasteiger charge is 2.21. The minimum atomic E-state index is -0.436. The summed E-state index contributed by atoms with van der Waals surface area (Å²) in [6.07, 6.45) is 1.17.